The Morgan fingerprint density at radius 1 is 0.925 bits per heavy atom. The maximum absolute atomic E-state index is 11.8. The Bertz CT molecular complexity index is 1070. The SMILES string of the molecule is CNC(=O)Cc1cccc(-c2cccc(O[C@H]3OC(CO)CC(C[C@H]4OC(CO)CC(O)C4O)C3O)c2)c1.CO. The Hall–Kier alpha value is -2.61. The molecular formula is C29H41NO10. The molecule has 6 unspecified atom stereocenters. The fraction of sp³-hybridized carbons (Fsp3) is 0.552. The molecule has 11 heteroatoms. The van der Waals surface area contributed by atoms with E-state index in [-0.39, 0.29) is 38.4 Å². The van der Waals surface area contributed by atoms with E-state index in [4.69, 9.17) is 19.3 Å². The Balaban J connectivity index is 0.00000216. The van der Waals surface area contributed by atoms with Crippen LogP contribution in [-0.4, -0.2) is 107 Å². The summed E-state index contributed by atoms with van der Waals surface area (Å²) in [6, 6.07) is 14.9. The van der Waals surface area contributed by atoms with Crippen molar-refractivity contribution in [2.24, 2.45) is 5.92 Å². The molecule has 4 rings (SSSR count). The number of rotatable bonds is 9. The molecule has 7 N–H and O–H groups in total. The molecule has 2 heterocycles. The van der Waals surface area contributed by atoms with Gasteiger partial charge in [-0.05, 0) is 47.6 Å². The molecule has 0 radical (unpaired) electrons. The highest BCUT2D eigenvalue weighted by Gasteiger charge is 2.44. The number of hydrogen-bond donors (Lipinski definition) is 7. The molecule has 0 aliphatic carbocycles. The highest BCUT2D eigenvalue weighted by molar-refractivity contribution is 5.79. The average molecular weight is 564 g/mol. The third-order valence-electron chi connectivity index (χ3n) is 7.23. The molecule has 8 atom stereocenters. The van der Waals surface area contributed by atoms with Crippen molar-refractivity contribution >= 4 is 5.91 Å². The molecule has 0 spiro atoms. The van der Waals surface area contributed by atoms with Gasteiger partial charge in [-0.25, -0.2) is 0 Å². The fourth-order valence-electron chi connectivity index (χ4n) is 5.14. The monoisotopic (exact) mass is 563 g/mol. The number of nitrogens with one attached hydrogen (secondary N) is 1. The molecule has 0 aromatic heterocycles. The molecule has 0 bridgehead atoms. The average Bonchev–Trinajstić information content (AvgIpc) is 2.98. The lowest BCUT2D eigenvalue weighted by Gasteiger charge is -2.42. The molecule has 2 aliphatic rings. The van der Waals surface area contributed by atoms with Gasteiger partial charge < -0.3 is 50.2 Å². The number of hydrogen-bond acceptors (Lipinski definition) is 10. The summed E-state index contributed by atoms with van der Waals surface area (Å²) in [5.41, 5.74) is 2.62. The summed E-state index contributed by atoms with van der Waals surface area (Å²) in [6.07, 6.45) is -5.49. The van der Waals surface area contributed by atoms with Gasteiger partial charge in [0, 0.05) is 20.6 Å². The van der Waals surface area contributed by atoms with Crippen LogP contribution in [0.25, 0.3) is 11.1 Å². The second kappa shape index (κ2) is 15.4. The van der Waals surface area contributed by atoms with Crippen LogP contribution in [0.2, 0.25) is 0 Å². The summed E-state index contributed by atoms with van der Waals surface area (Å²) < 4.78 is 17.6. The van der Waals surface area contributed by atoms with Crippen molar-refractivity contribution in [1.82, 2.24) is 5.32 Å². The van der Waals surface area contributed by atoms with Gasteiger partial charge in [-0.15, -0.1) is 0 Å². The molecule has 2 saturated heterocycles. The first-order chi connectivity index (χ1) is 19.3. The molecule has 2 aromatic rings. The van der Waals surface area contributed by atoms with E-state index in [1.165, 1.54) is 0 Å². The minimum Gasteiger partial charge on any atom is -0.462 e. The van der Waals surface area contributed by atoms with Gasteiger partial charge in [-0.1, -0.05) is 36.4 Å². The van der Waals surface area contributed by atoms with Gasteiger partial charge in [0.25, 0.3) is 0 Å². The largest absolute Gasteiger partial charge is 0.462 e. The molecule has 40 heavy (non-hydrogen) atoms. The predicted octanol–water partition coefficient (Wildman–Crippen LogP) is -0.0245. The topological polar surface area (TPSA) is 178 Å². The fourth-order valence-corrected chi connectivity index (χ4v) is 5.14. The van der Waals surface area contributed by atoms with E-state index in [1.807, 2.05) is 42.5 Å². The van der Waals surface area contributed by atoms with Crippen molar-refractivity contribution in [2.45, 2.75) is 68.6 Å². The molecule has 2 fully saturated rings. The zero-order valence-corrected chi connectivity index (χ0v) is 22.8. The summed E-state index contributed by atoms with van der Waals surface area (Å²) in [4.78, 5) is 11.8. The summed E-state index contributed by atoms with van der Waals surface area (Å²) in [5, 5.41) is 60.6. The number of amides is 1. The summed E-state index contributed by atoms with van der Waals surface area (Å²) >= 11 is 0. The van der Waals surface area contributed by atoms with Gasteiger partial charge in [0.15, 0.2) is 0 Å². The van der Waals surface area contributed by atoms with E-state index >= 15 is 0 Å². The third-order valence-corrected chi connectivity index (χ3v) is 7.23. The first-order valence-electron chi connectivity index (χ1n) is 13.4. The molecular weight excluding hydrogens is 522 g/mol. The number of ether oxygens (including phenoxy) is 3. The second-order valence-corrected chi connectivity index (χ2v) is 10.00. The first-order valence-corrected chi connectivity index (χ1v) is 13.4. The number of aliphatic hydroxyl groups excluding tert-OH is 6. The van der Waals surface area contributed by atoms with E-state index < -0.39 is 48.8 Å². The quantitative estimate of drug-likeness (QED) is 0.219. The molecule has 2 aliphatic heterocycles. The van der Waals surface area contributed by atoms with Gasteiger partial charge >= 0.3 is 0 Å². The van der Waals surface area contributed by atoms with E-state index in [2.05, 4.69) is 5.32 Å². The van der Waals surface area contributed by atoms with Crippen molar-refractivity contribution in [2.75, 3.05) is 27.4 Å². The Morgan fingerprint density at radius 3 is 2.25 bits per heavy atom. The minimum atomic E-state index is -1.16. The van der Waals surface area contributed by atoms with Crippen LogP contribution in [-0.2, 0) is 20.7 Å². The molecule has 1 amide bonds. The maximum atomic E-state index is 11.8. The predicted molar refractivity (Wildman–Crippen MR) is 145 cm³/mol. The number of carbonyl (C=O) groups excluding carboxylic acids is 1. The van der Waals surface area contributed by atoms with Crippen molar-refractivity contribution < 1.29 is 49.6 Å². The van der Waals surface area contributed by atoms with E-state index in [9.17, 15) is 30.3 Å². The zero-order valence-electron chi connectivity index (χ0n) is 22.8. The number of likely N-dealkylation sites (N-methyl/N-ethyl adjacent to an activating group) is 1. The van der Waals surface area contributed by atoms with Gasteiger partial charge in [0.1, 0.15) is 18.0 Å². The summed E-state index contributed by atoms with van der Waals surface area (Å²) in [5.74, 6) is -0.0896. The minimum absolute atomic E-state index is 0.0804. The Kier molecular flexibility index (Phi) is 12.3. The van der Waals surface area contributed by atoms with Crippen LogP contribution in [0.15, 0.2) is 48.5 Å². The zero-order chi connectivity index (χ0) is 29.2. The Morgan fingerprint density at radius 2 is 1.57 bits per heavy atom. The lowest BCUT2D eigenvalue weighted by Crippen LogP contribution is -2.54. The van der Waals surface area contributed by atoms with Crippen molar-refractivity contribution in [1.29, 1.82) is 0 Å². The third kappa shape index (κ3) is 8.21. The van der Waals surface area contributed by atoms with Crippen LogP contribution in [0.4, 0.5) is 0 Å². The van der Waals surface area contributed by atoms with Crippen molar-refractivity contribution in [3.8, 4) is 16.9 Å². The van der Waals surface area contributed by atoms with Gasteiger partial charge in [0.2, 0.25) is 12.2 Å². The Labute approximate surface area is 234 Å². The summed E-state index contributed by atoms with van der Waals surface area (Å²) in [6.45, 7) is -0.566. The lowest BCUT2D eigenvalue weighted by molar-refractivity contribution is -0.240. The smallest absolute Gasteiger partial charge is 0.226 e. The van der Waals surface area contributed by atoms with Crippen LogP contribution in [0.1, 0.15) is 24.8 Å². The second-order valence-electron chi connectivity index (χ2n) is 10.00. The highest BCUT2D eigenvalue weighted by atomic mass is 16.7. The number of carbonyl (C=O) groups is 1. The molecule has 11 nitrogen and oxygen atoms in total. The van der Waals surface area contributed by atoms with Crippen LogP contribution in [0.3, 0.4) is 0 Å². The van der Waals surface area contributed by atoms with Crippen LogP contribution in [0, 0.1) is 5.92 Å². The van der Waals surface area contributed by atoms with Crippen LogP contribution >= 0.6 is 0 Å². The van der Waals surface area contributed by atoms with Crippen LogP contribution < -0.4 is 10.1 Å². The summed E-state index contributed by atoms with van der Waals surface area (Å²) in [7, 11) is 2.60. The first kappa shape index (κ1) is 31.9. The van der Waals surface area contributed by atoms with E-state index in [0.29, 0.717) is 12.2 Å². The lowest BCUT2D eigenvalue weighted by atomic mass is 9.83. The molecule has 0 saturated carbocycles. The standard InChI is InChI=1S/C28H37NO9.CH4O/c1-29-25(33)9-16-4-2-5-17(8-16)18-6-3-7-20(10-18)37-28-26(34)19(11-21(14-30)38-28)12-24-27(35)23(32)13-22(15-31)36-24;1-2/h2-8,10,19,21-24,26-28,30-32,34-35H,9,11-15H2,1H3,(H,29,33);2H,1H3/t19?,21?,22?,23?,24-,26?,27?,28+;/m1./s1. The molecule has 222 valence electrons. The highest BCUT2D eigenvalue weighted by Crippen LogP contribution is 2.35. The maximum Gasteiger partial charge on any atom is 0.226 e. The van der Waals surface area contributed by atoms with E-state index in [1.54, 1.807) is 13.1 Å². The number of benzene rings is 2. The normalized spacial score (nSPS) is 30.1. The molecule has 2 aromatic carbocycles. The van der Waals surface area contributed by atoms with Gasteiger partial charge in [0.05, 0.1) is 44.1 Å². The van der Waals surface area contributed by atoms with E-state index in [0.717, 1.165) is 23.8 Å². The van der Waals surface area contributed by atoms with Crippen molar-refractivity contribution in [3.63, 3.8) is 0 Å². The van der Waals surface area contributed by atoms with Crippen LogP contribution in [0.5, 0.6) is 5.75 Å². The van der Waals surface area contributed by atoms with Gasteiger partial charge in [-0.2, -0.15) is 0 Å². The van der Waals surface area contributed by atoms with Crippen molar-refractivity contribution in [3.05, 3.63) is 54.1 Å². The number of aliphatic hydroxyl groups is 6. The van der Waals surface area contributed by atoms with Gasteiger partial charge in [-0.3, -0.25) is 4.79 Å².